The van der Waals surface area contributed by atoms with E-state index in [1.165, 1.54) is 18.2 Å². The molecule has 0 fully saturated rings. The Morgan fingerprint density at radius 3 is 2.73 bits per heavy atom. The summed E-state index contributed by atoms with van der Waals surface area (Å²) in [6.07, 6.45) is 0. The van der Waals surface area contributed by atoms with Gasteiger partial charge in [-0.25, -0.2) is 0 Å². The Labute approximate surface area is 90.0 Å². The Morgan fingerprint density at radius 2 is 2.20 bits per heavy atom. The van der Waals surface area contributed by atoms with Gasteiger partial charge in [-0.05, 0) is 12.0 Å². The number of carbonyl (C=O) groups excluding carboxylic acids is 1. The second-order valence-electron chi connectivity index (χ2n) is 2.51. The minimum atomic E-state index is -0.871. The van der Waals surface area contributed by atoms with Gasteiger partial charge in [0.15, 0.2) is 0 Å². The van der Waals surface area contributed by atoms with Crippen LogP contribution in [-0.4, -0.2) is 10.8 Å². The molecule has 0 radical (unpaired) electrons. The lowest BCUT2D eigenvalue weighted by Crippen LogP contribution is -2.06. The van der Waals surface area contributed by atoms with Gasteiger partial charge in [-0.2, -0.15) is 0 Å². The van der Waals surface area contributed by atoms with E-state index in [-0.39, 0.29) is 16.3 Å². The van der Waals surface area contributed by atoms with Crippen LogP contribution in [0.3, 0.4) is 0 Å². The van der Waals surface area contributed by atoms with Gasteiger partial charge in [-0.15, -0.1) is 0 Å². The molecule has 1 aromatic carbocycles. The van der Waals surface area contributed by atoms with Crippen molar-refractivity contribution in [3.05, 3.63) is 38.9 Å². The molecule has 0 unspecified atom stereocenters. The van der Waals surface area contributed by atoms with E-state index in [1.807, 2.05) is 5.92 Å². The number of nitro groups is 1. The largest absolute Gasteiger partial charge is 0.359 e. The number of nitrogens with zero attached hydrogens (tertiary/aromatic N) is 1. The SMILES string of the molecule is NC(=O)C#Cc1c(Cl)cccc1[N+](=O)[O-]. The van der Waals surface area contributed by atoms with Crippen molar-refractivity contribution >= 4 is 23.2 Å². The van der Waals surface area contributed by atoms with E-state index in [0.29, 0.717) is 0 Å². The maximum Gasteiger partial charge on any atom is 0.293 e. The summed E-state index contributed by atoms with van der Waals surface area (Å²) < 4.78 is 0. The Hall–Kier alpha value is -2.06. The fourth-order valence-corrected chi connectivity index (χ4v) is 1.13. The first-order valence-electron chi connectivity index (χ1n) is 3.76. The van der Waals surface area contributed by atoms with E-state index in [9.17, 15) is 14.9 Å². The smallest absolute Gasteiger partial charge is 0.293 e. The lowest BCUT2D eigenvalue weighted by Gasteiger charge is -1.96. The molecule has 0 saturated carbocycles. The number of carbonyl (C=O) groups is 1. The molecule has 15 heavy (non-hydrogen) atoms. The van der Waals surface area contributed by atoms with Gasteiger partial charge in [0.05, 0.1) is 9.95 Å². The van der Waals surface area contributed by atoms with Gasteiger partial charge >= 0.3 is 0 Å². The van der Waals surface area contributed by atoms with Crippen molar-refractivity contribution in [1.29, 1.82) is 0 Å². The number of hydrogen-bond acceptors (Lipinski definition) is 3. The van der Waals surface area contributed by atoms with E-state index in [0.717, 1.165) is 0 Å². The second-order valence-corrected chi connectivity index (χ2v) is 2.91. The molecule has 0 aromatic heterocycles. The van der Waals surface area contributed by atoms with E-state index in [2.05, 4.69) is 5.92 Å². The van der Waals surface area contributed by atoms with Crippen LogP contribution in [-0.2, 0) is 4.79 Å². The highest BCUT2D eigenvalue weighted by atomic mass is 35.5. The minimum Gasteiger partial charge on any atom is -0.359 e. The molecule has 2 N–H and O–H groups in total. The van der Waals surface area contributed by atoms with Crippen molar-refractivity contribution in [2.24, 2.45) is 5.73 Å². The number of primary amides is 1. The van der Waals surface area contributed by atoms with Crippen molar-refractivity contribution in [2.75, 3.05) is 0 Å². The van der Waals surface area contributed by atoms with Crippen LogP contribution in [0.5, 0.6) is 0 Å². The zero-order valence-corrected chi connectivity index (χ0v) is 8.12. The summed E-state index contributed by atoms with van der Waals surface area (Å²) in [5.74, 6) is 3.39. The van der Waals surface area contributed by atoms with Gasteiger partial charge in [0.25, 0.3) is 11.6 Å². The maximum absolute atomic E-state index is 10.6. The van der Waals surface area contributed by atoms with Crippen LogP contribution in [0.25, 0.3) is 0 Å². The first kappa shape index (κ1) is 11.0. The molecule has 1 amide bonds. The molecule has 1 aromatic rings. The molecular formula is C9H5ClN2O3. The summed E-state index contributed by atoms with van der Waals surface area (Å²) in [7, 11) is 0. The van der Waals surface area contributed by atoms with Gasteiger partial charge in [-0.3, -0.25) is 14.9 Å². The number of amides is 1. The summed E-state index contributed by atoms with van der Waals surface area (Å²) >= 11 is 5.70. The Morgan fingerprint density at radius 1 is 1.53 bits per heavy atom. The fraction of sp³-hybridized carbons (Fsp3) is 0. The number of nitrogens with two attached hydrogens (primary N) is 1. The van der Waals surface area contributed by atoms with Gasteiger partial charge in [0.1, 0.15) is 5.56 Å². The average molecular weight is 225 g/mol. The molecule has 76 valence electrons. The van der Waals surface area contributed by atoms with Crippen molar-refractivity contribution in [3.8, 4) is 11.8 Å². The van der Waals surface area contributed by atoms with E-state index < -0.39 is 10.8 Å². The summed E-state index contributed by atoms with van der Waals surface area (Å²) in [5, 5.41) is 10.7. The standard InChI is InChI=1S/C9H5ClN2O3/c10-7-2-1-3-8(12(14)15)6(7)4-5-9(11)13/h1-3H,(H2,11,13). The van der Waals surface area contributed by atoms with Crippen molar-refractivity contribution < 1.29 is 9.72 Å². The lowest BCUT2D eigenvalue weighted by molar-refractivity contribution is -0.385. The third-order valence-electron chi connectivity index (χ3n) is 1.50. The number of benzene rings is 1. The number of nitro benzene ring substituents is 1. The third kappa shape index (κ3) is 2.69. The van der Waals surface area contributed by atoms with Gasteiger partial charge in [0, 0.05) is 12.0 Å². The average Bonchev–Trinajstić information content (AvgIpc) is 2.15. The van der Waals surface area contributed by atoms with Crippen LogP contribution in [0.2, 0.25) is 5.02 Å². The first-order valence-corrected chi connectivity index (χ1v) is 4.14. The molecule has 1 rings (SSSR count). The van der Waals surface area contributed by atoms with Crippen LogP contribution < -0.4 is 5.73 Å². The molecular weight excluding hydrogens is 220 g/mol. The lowest BCUT2D eigenvalue weighted by atomic mass is 10.2. The van der Waals surface area contributed by atoms with Crippen LogP contribution in [0.15, 0.2) is 18.2 Å². The molecule has 5 nitrogen and oxygen atoms in total. The number of rotatable bonds is 1. The normalized spacial score (nSPS) is 8.87. The number of hydrogen-bond donors (Lipinski definition) is 1. The molecule has 0 atom stereocenters. The monoisotopic (exact) mass is 224 g/mol. The molecule has 0 aliphatic rings. The Kier molecular flexibility index (Phi) is 3.26. The predicted octanol–water partition coefficient (Wildman–Crippen LogP) is 1.09. The maximum atomic E-state index is 10.6. The van der Waals surface area contributed by atoms with E-state index >= 15 is 0 Å². The van der Waals surface area contributed by atoms with Crippen molar-refractivity contribution in [1.82, 2.24) is 0 Å². The van der Waals surface area contributed by atoms with E-state index in [4.69, 9.17) is 17.3 Å². The van der Waals surface area contributed by atoms with Gasteiger partial charge < -0.3 is 5.73 Å². The zero-order chi connectivity index (χ0) is 11.4. The molecule has 0 spiro atoms. The Bertz CT molecular complexity index is 488. The van der Waals surface area contributed by atoms with Crippen LogP contribution in [0.4, 0.5) is 5.69 Å². The van der Waals surface area contributed by atoms with Gasteiger partial charge in [0.2, 0.25) is 0 Å². The minimum absolute atomic E-state index is 0.0111. The van der Waals surface area contributed by atoms with Crippen LogP contribution >= 0.6 is 11.6 Å². The molecule has 0 heterocycles. The van der Waals surface area contributed by atoms with Crippen LogP contribution in [0.1, 0.15) is 5.56 Å². The second kappa shape index (κ2) is 4.44. The molecule has 0 aliphatic carbocycles. The zero-order valence-electron chi connectivity index (χ0n) is 7.36. The predicted molar refractivity (Wildman–Crippen MR) is 54.2 cm³/mol. The fourth-order valence-electron chi connectivity index (χ4n) is 0.913. The first-order chi connectivity index (χ1) is 7.02. The van der Waals surface area contributed by atoms with E-state index in [1.54, 1.807) is 0 Å². The highest BCUT2D eigenvalue weighted by Gasteiger charge is 2.14. The van der Waals surface area contributed by atoms with Crippen molar-refractivity contribution in [2.45, 2.75) is 0 Å². The Balaban J connectivity index is 3.33. The molecule has 0 saturated heterocycles. The van der Waals surface area contributed by atoms with Crippen molar-refractivity contribution in [3.63, 3.8) is 0 Å². The summed E-state index contributed by atoms with van der Waals surface area (Å²) in [6, 6.07) is 4.12. The molecule has 6 heteroatoms. The molecule has 0 aliphatic heterocycles. The van der Waals surface area contributed by atoms with Gasteiger partial charge in [-0.1, -0.05) is 17.7 Å². The highest BCUT2D eigenvalue weighted by molar-refractivity contribution is 6.32. The topological polar surface area (TPSA) is 86.2 Å². The highest BCUT2D eigenvalue weighted by Crippen LogP contribution is 2.24. The quantitative estimate of drug-likeness (QED) is 0.440. The summed E-state index contributed by atoms with van der Waals surface area (Å²) in [4.78, 5) is 20.4. The van der Waals surface area contributed by atoms with Crippen LogP contribution in [0, 0.1) is 22.0 Å². The summed E-state index contributed by atoms with van der Waals surface area (Å²) in [6.45, 7) is 0. The third-order valence-corrected chi connectivity index (χ3v) is 1.81. The number of halogens is 1. The molecule has 0 bridgehead atoms. The summed E-state index contributed by atoms with van der Waals surface area (Å²) in [5.41, 5.74) is 4.53.